The second-order valence-electron chi connectivity index (χ2n) is 5.12. The molecule has 0 heterocycles. The predicted octanol–water partition coefficient (Wildman–Crippen LogP) is 2.49. The number of hydrogen-bond donors (Lipinski definition) is 1. The topological polar surface area (TPSA) is 38.7 Å². The van der Waals surface area contributed by atoms with Crippen LogP contribution in [-0.4, -0.2) is 31.0 Å². The average Bonchev–Trinajstić information content (AvgIpc) is 2.28. The molecule has 1 N–H and O–H groups in total. The van der Waals surface area contributed by atoms with Crippen molar-refractivity contribution in [3.05, 3.63) is 30.3 Å². The zero-order valence-corrected chi connectivity index (χ0v) is 10.8. The van der Waals surface area contributed by atoms with Gasteiger partial charge in [-0.05, 0) is 17.5 Å². The average molecular weight is 238 g/mol. The highest BCUT2D eigenvalue weighted by Gasteiger charge is 2.21. The standard InChI is InChI=1S/C14H22O3/c1-14(2,3)13(15)11-16-9-10-17-12-7-5-4-6-8-12/h4-8,13,15H,9-11H2,1-3H3. The second kappa shape index (κ2) is 6.62. The minimum atomic E-state index is -0.445. The Labute approximate surface area is 103 Å². The number of rotatable bonds is 6. The summed E-state index contributed by atoms with van der Waals surface area (Å²) in [7, 11) is 0. The van der Waals surface area contributed by atoms with Crippen molar-refractivity contribution in [2.45, 2.75) is 26.9 Å². The molecule has 0 amide bonds. The number of aliphatic hydroxyl groups is 1. The molecule has 1 aromatic carbocycles. The Balaban J connectivity index is 2.09. The van der Waals surface area contributed by atoms with Crippen molar-refractivity contribution in [3.8, 4) is 5.75 Å². The van der Waals surface area contributed by atoms with Crippen molar-refractivity contribution in [2.24, 2.45) is 5.41 Å². The van der Waals surface area contributed by atoms with Gasteiger partial charge in [0, 0.05) is 0 Å². The molecule has 3 nitrogen and oxygen atoms in total. The van der Waals surface area contributed by atoms with E-state index in [0.29, 0.717) is 19.8 Å². The summed E-state index contributed by atoms with van der Waals surface area (Å²) in [4.78, 5) is 0. The fraction of sp³-hybridized carbons (Fsp3) is 0.571. The monoisotopic (exact) mass is 238 g/mol. The molecule has 0 saturated heterocycles. The second-order valence-corrected chi connectivity index (χ2v) is 5.12. The molecule has 96 valence electrons. The van der Waals surface area contributed by atoms with Crippen molar-refractivity contribution >= 4 is 0 Å². The fourth-order valence-electron chi connectivity index (χ4n) is 1.18. The van der Waals surface area contributed by atoms with E-state index in [9.17, 15) is 5.11 Å². The number of ether oxygens (including phenoxy) is 2. The van der Waals surface area contributed by atoms with Gasteiger partial charge in [-0.3, -0.25) is 0 Å². The molecule has 17 heavy (non-hydrogen) atoms. The molecular formula is C14H22O3. The summed E-state index contributed by atoms with van der Waals surface area (Å²) in [5.41, 5.74) is -0.139. The molecule has 0 aromatic heterocycles. The van der Waals surface area contributed by atoms with Gasteiger partial charge in [0.1, 0.15) is 12.4 Å². The van der Waals surface area contributed by atoms with Crippen LogP contribution in [0.5, 0.6) is 5.75 Å². The Hall–Kier alpha value is -1.06. The van der Waals surface area contributed by atoms with E-state index in [1.165, 1.54) is 0 Å². The van der Waals surface area contributed by atoms with E-state index in [1.807, 2.05) is 51.1 Å². The number of para-hydroxylation sites is 1. The van der Waals surface area contributed by atoms with Gasteiger partial charge in [0.2, 0.25) is 0 Å². The van der Waals surface area contributed by atoms with Crippen LogP contribution in [0.3, 0.4) is 0 Å². The third-order valence-electron chi connectivity index (χ3n) is 2.51. The third-order valence-corrected chi connectivity index (χ3v) is 2.51. The van der Waals surface area contributed by atoms with Crippen LogP contribution in [0.25, 0.3) is 0 Å². The molecule has 0 aliphatic heterocycles. The smallest absolute Gasteiger partial charge is 0.119 e. The Morgan fingerprint density at radius 1 is 1.12 bits per heavy atom. The molecule has 0 radical (unpaired) electrons. The summed E-state index contributed by atoms with van der Waals surface area (Å²) in [5, 5.41) is 9.74. The molecule has 0 bridgehead atoms. The van der Waals surface area contributed by atoms with Crippen LogP contribution in [0.15, 0.2) is 30.3 Å². The molecule has 1 rings (SSSR count). The largest absolute Gasteiger partial charge is 0.491 e. The lowest BCUT2D eigenvalue weighted by Crippen LogP contribution is -2.31. The van der Waals surface area contributed by atoms with E-state index in [0.717, 1.165) is 5.75 Å². The zero-order chi connectivity index (χ0) is 12.7. The summed E-state index contributed by atoms with van der Waals surface area (Å²) in [6.07, 6.45) is -0.445. The minimum absolute atomic E-state index is 0.139. The molecular weight excluding hydrogens is 216 g/mol. The van der Waals surface area contributed by atoms with Crippen LogP contribution in [0.4, 0.5) is 0 Å². The summed E-state index contributed by atoms with van der Waals surface area (Å²) in [6, 6.07) is 9.62. The Morgan fingerprint density at radius 2 is 1.76 bits per heavy atom. The van der Waals surface area contributed by atoms with Crippen LogP contribution >= 0.6 is 0 Å². The van der Waals surface area contributed by atoms with E-state index in [1.54, 1.807) is 0 Å². The van der Waals surface area contributed by atoms with Crippen LogP contribution in [0, 0.1) is 5.41 Å². The lowest BCUT2D eigenvalue weighted by molar-refractivity contribution is -0.0261. The van der Waals surface area contributed by atoms with Crippen LogP contribution in [-0.2, 0) is 4.74 Å². The SMILES string of the molecule is CC(C)(C)C(O)COCCOc1ccccc1. The molecule has 0 saturated carbocycles. The molecule has 0 aliphatic carbocycles. The molecule has 1 aromatic rings. The van der Waals surface area contributed by atoms with Gasteiger partial charge >= 0.3 is 0 Å². The predicted molar refractivity (Wildman–Crippen MR) is 68.2 cm³/mol. The summed E-state index contributed by atoms with van der Waals surface area (Å²) >= 11 is 0. The van der Waals surface area contributed by atoms with Gasteiger partial charge in [-0.15, -0.1) is 0 Å². The number of aliphatic hydroxyl groups excluding tert-OH is 1. The maximum absolute atomic E-state index is 9.74. The Morgan fingerprint density at radius 3 is 2.35 bits per heavy atom. The Bertz CT molecular complexity index is 303. The minimum Gasteiger partial charge on any atom is -0.491 e. The van der Waals surface area contributed by atoms with E-state index in [2.05, 4.69) is 0 Å². The van der Waals surface area contributed by atoms with Gasteiger partial charge in [0.15, 0.2) is 0 Å². The first-order chi connectivity index (χ1) is 8.00. The van der Waals surface area contributed by atoms with Gasteiger partial charge in [0.25, 0.3) is 0 Å². The fourth-order valence-corrected chi connectivity index (χ4v) is 1.18. The van der Waals surface area contributed by atoms with Crippen molar-refractivity contribution in [1.29, 1.82) is 0 Å². The van der Waals surface area contributed by atoms with Crippen molar-refractivity contribution in [2.75, 3.05) is 19.8 Å². The molecule has 0 fully saturated rings. The number of hydrogen-bond acceptors (Lipinski definition) is 3. The first-order valence-electron chi connectivity index (χ1n) is 5.94. The maximum atomic E-state index is 9.74. The first kappa shape index (κ1) is 14.0. The quantitative estimate of drug-likeness (QED) is 0.774. The highest BCUT2D eigenvalue weighted by Crippen LogP contribution is 2.18. The van der Waals surface area contributed by atoms with Crippen molar-refractivity contribution < 1.29 is 14.6 Å². The number of benzene rings is 1. The van der Waals surface area contributed by atoms with Gasteiger partial charge in [-0.25, -0.2) is 0 Å². The van der Waals surface area contributed by atoms with Crippen molar-refractivity contribution in [1.82, 2.24) is 0 Å². The summed E-state index contributed by atoms with van der Waals surface area (Å²) in [6.45, 7) is 7.30. The molecule has 1 atom stereocenters. The van der Waals surface area contributed by atoms with Gasteiger partial charge in [-0.1, -0.05) is 39.0 Å². The van der Waals surface area contributed by atoms with E-state index >= 15 is 0 Å². The van der Waals surface area contributed by atoms with Gasteiger partial charge in [0.05, 0.1) is 19.3 Å². The lowest BCUT2D eigenvalue weighted by atomic mass is 9.90. The van der Waals surface area contributed by atoms with Gasteiger partial charge in [-0.2, -0.15) is 0 Å². The summed E-state index contributed by atoms with van der Waals surface area (Å²) in [5.74, 6) is 0.840. The van der Waals surface area contributed by atoms with E-state index < -0.39 is 6.10 Å². The third kappa shape index (κ3) is 5.71. The Kier molecular flexibility index (Phi) is 5.45. The maximum Gasteiger partial charge on any atom is 0.119 e. The van der Waals surface area contributed by atoms with Gasteiger partial charge < -0.3 is 14.6 Å². The molecule has 0 aliphatic rings. The van der Waals surface area contributed by atoms with Crippen LogP contribution in [0.2, 0.25) is 0 Å². The summed E-state index contributed by atoms with van der Waals surface area (Å²) < 4.78 is 10.8. The highest BCUT2D eigenvalue weighted by atomic mass is 16.5. The molecule has 3 heteroatoms. The molecule has 0 spiro atoms. The van der Waals surface area contributed by atoms with Crippen LogP contribution < -0.4 is 4.74 Å². The highest BCUT2D eigenvalue weighted by molar-refractivity contribution is 5.20. The van der Waals surface area contributed by atoms with E-state index in [-0.39, 0.29) is 5.41 Å². The first-order valence-corrected chi connectivity index (χ1v) is 5.94. The van der Waals surface area contributed by atoms with Crippen LogP contribution in [0.1, 0.15) is 20.8 Å². The zero-order valence-electron chi connectivity index (χ0n) is 10.8. The lowest BCUT2D eigenvalue weighted by Gasteiger charge is -2.25. The normalized spacial score (nSPS) is 13.4. The van der Waals surface area contributed by atoms with E-state index in [4.69, 9.17) is 9.47 Å². The molecule has 1 unspecified atom stereocenters. The van der Waals surface area contributed by atoms with Crippen molar-refractivity contribution in [3.63, 3.8) is 0 Å².